The first-order valence-corrected chi connectivity index (χ1v) is 4.40. The van der Waals surface area contributed by atoms with E-state index in [1.807, 2.05) is 6.92 Å². The largest absolute Gasteiger partial charge is 0.370 e. The normalized spacial score (nSPS) is 22.2. The first-order valence-electron chi connectivity index (χ1n) is 4.02. The summed E-state index contributed by atoms with van der Waals surface area (Å²) in [5.74, 6) is 0. The first kappa shape index (κ1) is 9.04. The van der Waals surface area contributed by atoms with Gasteiger partial charge < -0.3 is 9.64 Å². The third-order valence-electron chi connectivity index (χ3n) is 1.87. The predicted molar refractivity (Wildman–Crippen MR) is 46.0 cm³/mol. The number of rotatable bonds is 2. The smallest absolute Gasteiger partial charge is 0.101 e. The maximum absolute atomic E-state index is 5.71. The number of hydrogen-bond donors (Lipinski definition) is 1. The molecule has 1 heterocycles. The average Bonchev–Trinajstić information content (AvgIpc) is 2.03. The van der Waals surface area contributed by atoms with E-state index >= 15 is 0 Å². The second-order valence-electron chi connectivity index (χ2n) is 2.86. The summed E-state index contributed by atoms with van der Waals surface area (Å²) in [5, 5.41) is 0.893. The van der Waals surface area contributed by atoms with Gasteiger partial charge in [-0.3, -0.25) is 0 Å². The zero-order valence-corrected chi connectivity index (χ0v) is 7.66. The number of ether oxygens (including phenoxy) is 1. The summed E-state index contributed by atoms with van der Waals surface area (Å²) in [6, 6.07) is 0. The van der Waals surface area contributed by atoms with Crippen LogP contribution < -0.4 is 4.90 Å². The van der Waals surface area contributed by atoms with Crippen LogP contribution in [-0.4, -0.2) is 32.8 Å². The van der Waals surface area contributed by atoms with Crippen molar-refractivity contribution in [2.24, 2.45) is 0 Å². The second-order valence-corrected chi connectivity index (χ2v) is 3.45. The molecule has 0 amide bonds. The van der Waals surface area contributed by atoms with Crippen molar-refractivity contribution in [3.05, 3.63) is 11.1 Å². The van der Waals surface area contributed by atoms with Crippen LogP contribution in [0.2, 0.25) is 0 Å². The quantitative estimate of drug-likeness (QED) is 0.628. The molecule has 1 rings (SSSR count). The van der Waals surface area contributed by atoms with Gasteiger partial charge in [0.05, 0.1) is 19.8 Å². The van der Waals surface area contributed by atoms with Crippen LogP contribution in [0.1, 0.15) is 6.92 Å². The number of morpholine rings is 1. The summed E-state index contributed by atoms with van der Waals surface area (Å²) in [6.07, 6.45) is 2.07. The Balaban J connectivity index is 2.19. The van der Waals surface area contributed by atoms with E-state index in [0.29, 0.717) is 0 Å². The van der Waals surface area contributed by atoms with Crippen molar-refractivity contribution >= 4 is 11.6 Å². The molecule has 1 N–H and O–H groups in total. The number of hydrogen-bond acceptors (Lipinski definition) is 1. The summed E-state index contributed by atoms with van der Waals surface area (Å²) in [5.41, 5.74) is 0. The summed E-state index contributed by atoms with van der Waals surface area (Å²) in [7, 11) is 0. The van der Waals surface area contributed by atoms with Crippen LogP contribution in [0.3, 0.4) is 0 Å². The zero-order chi connectivity index (χ0) is 8.10. The highest BCUT2D eigenvalue weighted by Crippen LogP contribution is 1.94. The fourth-order valence-electron chi connectivity index (χ4n) is 1.15. The molecule has 1 fully saturated rings. The van der Waals surface area contributed by atoms with E-state index in [9.17, 15) is 0 Å². The van der Waals surface area contributed by atoms with E-state index in [2.05, 4.69) is 6.08 Å². The van der Waals surface area contributed by atoms with Crippen molar-refractivity contribution < 1.29 is 9.64 Å². The second kappa shape index (κ2) is 4.75. The highest BCUT2D eigenvalue weighted by Gasteiger charge is 2.11. The van der Waals surface area contributed by atoms with Gasteiger partial charge in [-0.05, 0) is 13.0 Å². The molecule has 1 aliphatic rings. The average molecular weight is 177 g/mol. The van der Waals surface area contributed by atoms with E-state index < -0.39 is 0 Å². The van der Waals surface area contributed by atoms with Gasteiger partial charge in [-0.1, -0.05) is 11.6 Å². The van der Waals surface area contributed by atoms with Crippen LogP contribution in [-0.2, 0) is 4.74 Å². The molecule has 64 valence electrons. The maximum Gasteiger partial charge on any atom is 0.101 e. The molecule has 3 heteroatoms. The van der Waals surface area contributed by atoms with Gasteiger partial charge in [0.1, 0.15) is 13.1 Å². The number of quaternary nitrogens is 1. The first-order chi connectivity index (χ1) is 5.29. The lowest BCUT2D eigenvalue weighted by molar-refractivity contribution is -0.902. The molecule has 0 aromatic rings. The molecule has 0 aromatic heterocycles. The van der Waals surface area contributed by atoms with Gasteiger partial charge in [0.15, 0.2) is 0 Å². The maximum atomic E-state index is 5.71. The predicted octanol–water partition coefficient (Wildman–Crippen LogP) is 0.0441. The summed E-state index contributed by atoms with van der Waals surface area (Å²) in [6.45, 7) is 6.97. The molecule has 2 nitrogen and oxygen atoms in total. The van der Waals surface area contributed by atoms with Gasteiger partial charge in [-0.25, -0.2) is 0 Å². The third kappa shape index (κ3) is 3.75. The van der Waals surface area contributed by atoms with Crippen LogP contribution >= 0.6 is 11.6 Å². The SMILES string of the molecule is CC(Cl)=CC[NH+]1CCOCC1. The van der Waals surface area contributed by atoms with Crippen molar-refractivity contribution in [1.82, 2.24) is 0 Å². The van der Waals surface area contributed by atoms with Gasteiger partial charge in [-0.2, -0.15) is 0 Å². The van der Waals surface area contributed by atoms with Crippen LogP contribution in [0.15, 0.2) is 11.1 Å². The molecule has 0 unspecified atom stereocenters. The molecule has 0 aliphatic carbocycles. The monoisotopic (exact) mass is 176 g/mol. The van der Waals surface area contributed by atoms with Crippen LogP contribution in [0.4, 0.5) is 0 Å². The van der Waals surface area contributed by atoms with E-state index in [-0.39, 0.29) is 0 Å². The van der Waals surface area contributed by atoms with Crippen molar-refractivity contribution in [1.29, 1.82) is 0 Å². The molecule has 0 aromatic carbocycles. The topological polar surface area (TPSA) is 13.7 Å². The van der Waals surface area contributed by atoms with Crippen molar-refractivity contribution in [3.63, 3.8) is 0 Å². The Hall–Kier alpha value is -0.0500. The van der Waals surface area contributed by atoms with Crippen LogP contribution in [0.5, 0.6) is 0 Å². The fourth-order valence-corrected chi connectivity index (χ4v) is 1.23. The molecular weight excluding hydrogens is 162 g/mol. The lowest BCUT2D eigenvalue weighted by atomic mass is 10.4. The highest BCUT2D eigenvalue weighted by atomic mass is 35.5. The molecule has 0 radical (unpaired) electrons. The van der Waals surface area contributed by atoms with Crippen molar-refractivity contribution in [3.8, 4) is 0 Å². The third-order valence-corrected chi connectivity index (χ3v) is 2.03. The standard InChI is InChI=1S/C8H14ClNO/c1-8(9)2-3-10-4-6-11-7-5-10/h2H,3-7H2,1H3/p+1. The van der Waals surface area contributed by atoms with Gasteiger partial charge in [-0.15, -0.1) is 0 Å². The Labute approximate surface area is 72.8 Å². The van der Waals surface area contributed by atoms with E-state index in [0.717, 1.165) is 37.9 Å². The van der Waals surface area contributed by atoms with Crippen molar-refractivity contribution in [2.45, 2.75) is 6.92 Å². The van der Waals surface area contributed by atoms with Crippen molar-refractivity contribution in [2.75, 3.05) is 32.8 Å². The van der Waals surface area contributed by atoms with Crippen LogP contribution in [0.25, 0.3) is 0 Å². The molecule has 1 saturated heterocycles. The number of nitrogens with one attached hydrogen (secondary N) is 1. The zero-order valence-electron chi connectivity index (χ0n) is 6.90. The Morgan fingerprint density at radius 1 is 1.55 bits per heavy atom. The lowest BCUT2D eigenvalue weighted by Gasteiger charge is -2.22. The molecule has 11 heavy (non-hydrogen) atoms. The minimum atomic E-state index is 0.893. The summed E-state index contributed by atoms with van der Waals surface area (Å²) in [4.78, 5) is 1.57. The Bertz CT molecular complexity index is 137. The Morgan fingerprint density at radius 3 is 2.73 bits per heavy atom. The molecular formula is C8H15ClNO+. The minimum absolute atomic E-state index is 0.893. The minimum Gasteiger partial charge on any atom is -0.370 e. The van der Waals surface area contributed by atoms with Gasteiger partial charge in [0, 0.05) is 5.03 Å². The number of allylic oxidation sites excluding steroid dienone is 1. The van der Waals surface area contributed by atoms with Crippen LogP contribution in [0, 0.1) is 0 Å². The van der Waals surface area contributed by atoms with E-state index in [1.54, 1.807) is 4.90 Å². The van der Waals surface area contributed by atoms with Gasteiger partial charge >= 0.3 is 0 Å². The lowest BCUT2D eigenvalue weighted by Crippen LogP contribution is -3.13. The van der Waals surface area contributed by atoms with E-state index in [1.165, 1.54) is 0 Å². The Morgan fingerprint density at radius 2 is 2.18 bits per heavy atom. The fraction of sp³-hybridized carbons (Fsp3) is 0.750. The van der Waals surface area contributed by atoms with E-state index in [4.69, 9.17) is 16.3 Å². The summed E-state index contributed by atoms with van der Waals surface area (Å²) < 4.78 is 5.23. The molecule has 0 saturated carbocycles. The van der Waals surface area contributed by atoms with Gasteiger partial charge in [0.2, 0.25) is 0 Å². The molecule has 0 atom stereocenters. The molecule has 0 spiro atoms. The Kier molecular flexibility index (Phi) is 3.91. The summed E-state index contributed by atoms with van der Waals surface area (Å²) >= 11 is 5.71. The van der Waals surface area contributed by atoms with Gasteiger partial charge in [0.25, 0.3) is 0 Å². The molecule has 1 aliphatic heterocycles. The molecule has 0 bridgehead atoms. The highest BCUT2D eigenvalue weighted by molar-refractivity contribution is 6.29. The number of halogens is 1.